The normalized spacial score (nSPS) is 12.6. The Hall–Kier alpha value is -1.61. The summed E-state index contributed by atoms with van der Waals surface area (Å²) in [5, 5.41) is 0. The van der Waals surface area contributed by atoms with Crippen LogP contribution in [0.4, 0.5) is 0 Å². The fraction of sp³-hybridized carbons (Fsp3) is 0.357. The SMILES string of the molecule is Cc1ccc(CC(N)Cc2nccn2C)cc1. The summed E-state index contributed by atoms with van der Waals surface area (Å²) >= 11 is 0. The first kappa shape index (κ1) is 11.9. The molecule has 2 N–H and O–H groups in total. The average molecular weight is 229 g/mol. The summed E-state index contributed by atoms with van der Waals surface area (Å²) in [4.78, 5) is 4.29. The summed E-state index contributed by atoms with van der Waals surface area (Å²) in [6.07, 6.45) is 5.48. The minimum Gasteiger partial charge on any atom is -0.338 e. The van der Waals surface area contributed by atoms with Gasteiger partial charge in [0.2, 0.25) is 0 Å². The highest BCUT2D eigenvalue weighted by Gasteiger charge is 2.08. The molecule has 1 unspecified atom stereocenters. The van der Waals surface area contributed by atoms with Crippen LogP contribution in [0.1, 0.15) is 17.0 Å². The second-order valence-corrected chi connectivity index (χ2v) is 4.61. The minimum atomic E-state index is 0.124. The van der Waals surface area contributed by atoms with Crippen molar-refractivity contribution in [3.8, 4) is 0 Å². The first-order chi connectivity index (χ1) is 8.15. The first-order valence-electron chi connectivity index (χ1n) is 5.92. The van der Waals surface area contributed by atoms with Crippen molar-refractivity contribution >= 4 is 0 Å². The Morgan fingerprint density at radius 2 is 1.94 bits per heavy atom. The number of aryl methyl sites for hydroxylation is 2. The zero-order valence-corrected chi connectivity index (χ0v) is 10.4. The maximum Gasteiger partial charge on any atom is 0.109 e. The van der Waals surface area contributed by atoms with Crippen molar-refractivity contribution in [3.05, 3.63) is 53.6 Å². The fourth-order valence-corrected chi connectivity index (χ4v) is 1.93. The van der Waals surface area contributed by atoms with Crippen LogP contribution in [-0.2, 0) is 19.9 Å². The largest absolute Gasteiger partial charge is 0.338 e. The predicted octanol–water partition coefficient (Wildman–Crippen LogP) is 1.84. The predicted molar refractivity (Wildman–Crippen MR) is 69.8 cm³/mol. The molecule has 2 aromatic rings. The minimum absolute atomic E-state index is 0.124. The zero-order chi connectivity index (χ0) is 12.3. The maximum absolute atomic E-state index is 6.15. The molecule has 3 nitrogen and oxygen atoms in total. The third kappa shape index (κ3) is 3.17. The number of nitrogens with zero attached hydrogens (tertiary/aromatic N) is 2. The van der Waals surface area contributed by atoms with Crippen molar-refractivity contribution in [2.24, 2.45) is 12.8 Å². The Kier molecular flexibility index (Phi) is 3.59. The third-order valence-corrected chi connectivity index (χ3v) is 2.98. The van der Waals surface area contributed by atoms with E-state index in [-0.39, 0.29) is 6.04 Å². The van der Waals surface area contributed by atoms with Crippen LogP contribution >= 0.6 is 0 Å². The van der Waals surface area contributed by atoms with Gasteiger partial charge in [-0.3, -0.25) is 0 Å². The van der Waals surface area contributed by atoms with Gasteiger partial charge in [-0.15, -0.1) is 0 Å². The Balaban J connectivity index is 1.95. The molecule has 3 heteroatoms. The van der Waals surface area contributed by atoms with E-state index in [1.165, 1.54) is 11.1 Å². The number of hydrogen-bond acceptors (Lipinski definition) is 2. The second kappa shape index (κ2) is 5.15. The molecule has 0 aliphatic rings. The van der Waals surface area contributed by atoms with Gasteiger partial charge in [0.1, 0.15) is 5.82 Å². The van der Waals surface area contributed by atoms with Gasteiger partial charge in [-0.1, -0.05) is 29.8 Å². The highest BCUT2D eigenvalue weighted by molar-refractivity contribution is 5.22. The summed E-state index contributed by atoms with van der Waals surface area (Å²) in [5.74, 6) is 1.05. The lowest BCUT2D eigenvalue weighted by molar-refractivity contribution is 0.622. The lowest BCUT2D eigenvalue weighted by Crippen LogP contribution is -2.26. The molecule has 2 rings (SSSR count). The van der Waals surface area contributed by atoms with E-state index in [2.05, 4.69) is 36.2 Å². The molecule has 0 aliphatic carbocycles. The van der Waals surface area contributed by atoms with Gasteiger partial charge in [-0.05, 0) is 18.9 Å². The summed E-state index contributed by atoms with van der Waals surface area (Å²) in [6, 6.07) is 8.67. The average Bonchev–Trinajstić information content (AvgIpc) is 2.68. The molecule has 1 aromatic carbocycles. The molecule has 0 bridgehead atoms. The molecule has 1 atom stereocenters. The van der Waals surface area contributed by atoms with Crippen LogP contribution in [-0.4, -0.2) is 15.6 Å². The van der Waals surface area contributed by atoms with E-state index in [0.29, 0.717) is 0 Å². The Morgan fingerprint density at radius 3 is 2.53 bits per heavy atom. The van der Waals surface area contributed by atoms with Gasteiger partial charge in [-0.25, -0.2) is 4.98 Å². The van der Waals surface area contributed by atoms with Crippen LogP contribution < -0.4 is 5.73 Å². The van der Waals surface area contributed by atoms with Gasteiger partial charge in [0.15, 0.2) is 0 Å². The van der Waals surface area contributed by atoms with Crippen molar-refractivity contribution in [1.82, 2.24) is 9.55 Å². The van der Waals surface area contributed by atoms with Crippen molar-refractivity contribution in [2.75, 3.05) is 0 Å². The summed E-state index contributed by atoms with van der Waals surface area (Å²) in [7, 11) is 2.00. The quantitative estimate of drug-likeness (QED) is 0.869. The van der Waals surface area contributed by atoms with Gasteiger partial charge in [-0.2, -0.15) is 0 Å². The molecule has 90 valence electrons. The Bertz CT molecular complexity index is 470. The molecule has 17 heavy (non-hydrogen) atoms. The van der Waals surface area contributed by atoms with Gasteiger partial charge >= 0.3 is 0 Å². The number of aromatic nitrogens is 2. The fourth-order valence-electron chi connectivity index (χ4n) is 1.93. The molecule has 0 saturated carbocycles. The van der Waals surface area contributed by atoms with E-state index in [4.69, 9.17) is 5.73 Å². The van der Waals surface area contributed by atoms with Crippen LogP contribution in [0.15, 0.2) is 36.7 Å². The first-order valence-corrected chi connectivity index (χ1v) is 5.92. The molecule has 1 heterocycles. The van der Waals surface area contributed by atoms with E-state index in [1.54, 1.807) is 0 Å². The molecule has 0 amide bonds. The number of imidazole rings is 1. The maximum atomic E-state index is 6.15. The second-order valence-electron chi connectivity index (χ2n) is 4.61. The van der Waals surface area contributed by atoms with Gasteiger partial charge in [0, 0.05) is 31.9 Å². The summed E-state index contributed by atoms with van der Waals surface area (Å²) in [5.41, 5.74) is 8.72. The topological polar surface area (TPSA) is 43.8 Å². The molecular formula is C14H19N3. The highest BCUT2D eigenvalue weighted by atomic mass is 15.0. The molecule has 0 aliphatic heterocycles. The monoisotopic (exact) mass is 229 g/mol. The van der Waals surface area contributed by atoms with Crippen molar-refractivity contribution < 1.29 is 0 Å². The van der Waals surface area contributed by atoms with E-state index >= 15 is 0 Å². The van der Waals surface area contributed by atoms with Gasteiger partial charge in [0.05, 0.1) is 0 Å². The van der Waals surface area contributed by atoms with Crippen LogP contribution in [0.2, 0.25) is 0 Å². The van der Waals surface area contributed by atoms with Gasteiger partial charge < -0.3 is 10.3 Å². The lowest BCUT2D eigenvalue weighted by Gasteiger charge is -2.11. The number of hydrogen-bond donors (Lipinski definition) is 1. The molecule has 0 radical (unpaired) electrons. The Morgan fingerprint density at radius 1 is 1.24 bits per heavy atom. The summed E-state index contributed by atoms with van der Waals surface area (Å²) < 4.78 is 2.02. The Labute approximate surface area is 102 Å². The van der Waals surface area contributed by atoms with Gasteiger partial charge in [0.25, 0.3) is 0 Å². The smallest absolute Gasteiger partial charge is 0.109 e. The van der Waals surface area contributed by atoms with Crippen LogP contribution in [0, 0.1) is 6.92 Å². The summed E-state index contributed by atoms with van der Waals surface area (Å²) in [6.45, 7) is 2.09. The van der Waals surface area contributed by atoms with E-state index in [9.17, 15) is 0 Å². The van der Waals surface area contributed by atoms with Crippen LogP contribution in [0.3, 0.4) is 0 Å². The van der Waals surface area contributed by atoms with Crippen molar-refractivity contribution in [3.63, 3.8) is 0 Å². The highest BCUT2D eigenvalue weighted by Crippen LogP contribution is 2.08. The zero-order valence-electron chi connectivity index (χ0n) is 10.4. The number of benzene rings is 1. The van der Waals surface area contributed by atoms with E-state index in [1.807, 2.05) is 24.0 Å². The number of rotatable bonds is 4. The molecular weight excluding hydrogens is 210 g/mol. The molecule has 1 aromatic heterocycles. The van der Waals surface area contributed by atoms with E-state index in [0.717, 1.165) is 18.7 Å². The number of nitrogens with two attached hydrogens (primary N) is 1. The van der Waals surface area contributed by atoms with Crippen molar-refractivity contribution in [1.29, 1.82) is 0 Å². The third-order valence-electron chi connectivity index (χ3n) is 2.98. The standard InChI is InChI=1S/C14H19N3/c1-11-3-5-12(6-4-11)9-13(15)10-14-16-7-8-17(14)2/h3-8,13H,9-10,15H2,1-2H3. The molecule has 0 spiro atoms. The molecule has 0 saturated heterocycles. The van der Waals surface area contributed by atoms with E-state index < -0.39 is 0 Å². The van der Waals surface area contributed by atoms with Crippen LogP contribution in [0.25, 0.3) is 0 Å². The lowest BCUT2D eigenvalue weighted by atomic mass is 10.0. The molecule has 0 fully saturated rings. The van der Waals surface area contributed by atoms with Crippen LogP contribution in [0.5, 0.6) is 0 Å². The van der Waals surface area contributed by atoms with Crippen molar-refractivity contribution in [2.45, 2.75) is 25.8 Å².